The lowest BCUT2D eigenvalue weighted by Gasteiger charge is -2.39. The van der Waals surface area contributed by atoms with Gasteiger partial charge in [0.2, 0.25) is 11.8 Å². The summed E-state index contributed by atoms with van der Waals surface area (Å²) >= 11 is 0. The fourth-order valence-corrected chi connectivity index (χ4v) is 2.36. The Bertz CT molecular complexity index is 372. The third kappa shape index (κ3) is 3.31. The number of amides is 2. The van der Waals surface area contributed by atoms with Gasteiger partial charge < -0.3 is 10.2 Å². The number of rotatable bonds is 5. The number of hydrogen-bond donors (Lipinski definition) is 1. The van der Waals surface area contributed by atoms with Crippen molar-refractivity contribution in [2.45, 2.75) is 44.4 Å². The molecular formula is C12H22N2O3S. The summed E-state index contributed by atoms with van der Waals surface area (Å²) in [5.41, 5.74) is -0.788. The van der Waals surface area contributed by atoms with Crippen molar-refractivity contribution >= 4 is 22.6 Å². The Balaban J connectivity index is 2.67. The smallest absolute Gasteiger partial charge is 0.248 e. The lowest BCUT2D eigenvalue weighted by Crippen LogP contribution is -2.65. The van der Waals surface area contributed by atoms with Gasteiger partial charge in [0.25, 0.3) is 0 Å². The van der Waals surface area contributed by atoms with Crippen molar-refractivity contribution in [3.8, 4) is 0 Å². The van der Waals surface area contributed by atoms with E-state index in [1.165, 1.54) is 0 Å². The average Bonchev–Trinajstić information content (AvgIpc) is 2.31. The molecule has 18 heavy (non-hydrogen) atoms. The second kappa shape index (κ2) is 5.82. The standard InChI is InChI=1S/C12H22N2O3S/c1-5-12(3)11(16)14(8-10(15)13-12)7-6-9(2)18(4)17/h9H,5-8H2,1-4H3,(H,13,15). The molecule has 1 aliphatic heterocycles. The zero-order valence-corrected chi connectivity index (χ0v) is 12.3. The van der Waals surface area contributed by atoms with Gasteiger partial charge in [-0.1, -0.05) is 13.8 Å². The highest BCUT2D eigenvalue weighted by atomic mass is 32.2. The summed E-state index contributed by atoms with van der Waals surface area (Å²) in [7, 11) is -0.894. The number of piperazine rings is 1. The fraction of sp³-hybridized carbons (Fsp3) is 0.833. The fourth-order valence-electron chi connectivity index (χ4n) is 1.92. The molecule has 104 valence electrons. The van der Waals surface area contributed by atoms with E-state index in [2.05, 4.69) is 5.32 Å². The van der Waals surface area contributed by atoms with E-state index in [0.29, 0.717) is 19.4 Å². The number of nitrogens with one attached hydrogen (secondary N) is 1. The molecule has 3 unspecified atom stereocenters. The minimum absolute atomic E-state index is 0.0377. The Kier molecular flexibility index (Phi) is 4.90. The largest absolute Gasteiger partial charge is 0.340 e. The van der Waals surface area contributed by atoms with Gasteiger partial charge in [0.15, 0.2) is 0 Å². The molecule has 0 saturated carbocycles. The number of nitrogens with zero attached hydrogens (tertiary/aromatic N) is 1. The normalized spacial score (nSPS) is 27.9. The second-order valence-electron chi connectivity index (χ2n) is 5.06. The maximum atomic E-state index is 12.2. The number of hydrogen-bond acceptors (Lipinski definition) is 3. The first kappa shape index (κ1) is 15.1. The van der Waals surface area contributed by atoms with Crippen molar-refractivity contribution in [2.75, 3.05) is 19.3 Å². The van der Waals surface area contributed by atoms with E-state index < -0.39 is 16.3 Å². The van der Waals surface area contributed by atoms with Gasteiger partial charge >= 0.3 is 0 Å². The Labute approximate surface area is 111 Å². The van der Waals surface area contributed by atoms with Crippen LogP contribution in [0.2, 0.25) is 0 Å². The van der Waals surface area contributed by atoms with Crippen LogP contribution in [0.3, 0.4) is 0 Å². The average molecular weight is 274 g/mol. The minimum Gasteiger partial charge on any atom is -0.340 e. The van der Waals surface area contributed by atoms with Gasteiger partial charge in [-0.05, 0) is 19.8 Å². The van der Waals surface area contributed by atoms with Crippen LogP contribution >= 0.6 is 0 Å². The Morgan fingerprint density at radius 3 is 2.61 bits per heavy atom. The van der Waals surface area contributed by atoms with E-state index in [9.17, 15) is 13.8 Å². The van der Waals surface area contributed by atoms with Crippen LogP contribution in [0.15, 0.2) is 0 Å². The van der Waals surface area contributed by atoms with Crippen LogP contribution in [-0.4, -0.2) is 51.1 Å². The molecule has 0 aromatic heterocycles. The van der Waals surface area contributed by atoms with Crippen LogP contribution in [-0.2, 0) is 20.4 Å². The van der Waals surface area contributed by atoms with E-state index >= 15 is 0 Å². The molecular weight excluding hydrogens is 252 g/mol. The summed E-state index contributed by atoms with van der Waals surface area (Å²) in [5, 5.41) is 2.78. The molecule has 0 aliphatic carbocycles. The van der Waals surface area contributed by atoms with Crippen LogP contribution < -0.4 is 5.32 Å². The van der Waals surface area contributed by atoms with E-state index in [1.807, 2.05) is 13.8 Å². The van der Waals surface area contributed by atoms with E-state index in [1.54, 1.807) is 18.1 Å². The molecule has 1 fully saturated rings. The summed E-state index contributed by atoms with van der Waals surface area (Å²) in [6.45, 7) is 6.12. The molecule has 1 saturated heterocycles. The number of carbonyl (C=O) groups excluding carboxylic acids is 2. The quantitative estimate of drug-likeness (QED) is 0.782. The van der Waals surface area contributed by atoms with Gasteiger partial charge in [-0.2, -0.15) is 0 Å². The van der Waals surface area contributed by atoms with Crippen LogP contribution in [0.1, 0.15) is 33.6 Å². The minimum atomic E-state index is -0.894. The molecule has 1 aliphatic rings. The Morgan fingerprint density at radius 2 is 2.11 bits per heavy atom. The van der Waals surface area contributed by atoms with Crippen LogP contribution in [0, 0.1) is 0 Å². The summed E-state index contributed by atoms with van der Waals surface area (Å²) in [6, 6.07) is 0. The first-order valence-electron chi connectivity index (χ1n) is 6.22. The van der Waals surface area contributed by atoms with Crippen LogP contribution in [0.25, 0.3) is 0 Å². The van der Waals surface area contributed by atoms with Crippen LogP contribution in [0.5, 0.6) is 0 Å². The maximum absolute atomic E-state index is 12.2. The van der Waals surface area contributed by atoms with Crippen molar-refractivity contribution in [3.05, 3.63) is 0 Å². The first-order valence-corrected chi connectivity index (χ1v) is 7.85. The summed E-state index contributed by atoms with van der Waals surface area (Å²) in [5.74, 6) is -0.164. The molecule has 0 aromatic carbocycles. The zero-order valence-electron chi connectivity index (χ0n) is 11.5. The molecule has 0 bridgehead atoms. The lowest BCUT2D eigenvalue weighted by atomic mass is 9.94. The molecule has 5 nitrogen and oxygen atoms in total. The molecule has 1 N–H and O–H groups in total. The van der Waals surface area contributed by atoms with E-state index in [4.69, 9.17) is 0 Å². The summed E-state index contributed by atoms with van der Waals surface area (Å²) in [6.07, 6.45) is 2.89. The molecule has 2 amide bonds. The Morgan fingerprint density at radius 1 is 1.50 bits per heavy atom. The van der Waals surface area contributed by atoms with E-state index in [0.717, 1.165) is 0 Å². The molecule has 1 rings (SSSR count). The highest BCUT2D eigenvalue weighted by Gasteiger charge is 2.41. The van der Waals surface area contributed by atoms with Crippen molar-refractivity contribution in [3.63, 3.8) is 0 Å². The third-order valence-corrected chi connectivity index (χ3v) is 4.96. The number of carbonyl (C=O) groups is 2. The molecule has 3 atom stereocenters. The van der Waals surface area contributed by atoms with Crippen molar-refractivity contribution in [1.29, 1.82) is 0 Å². The van der Waals surface area contributed by atoms with Gasteiger partial charge in [-0.3, -0.25) is 13.8 Å². The molecule has 0 spiro atoms. The Hall–Kier alpha value is -0.910. The second-order valence-corrected chi connectivity index (χ2v) is 6.86. The highest BCUT2D eigenvalue weighted by Crippen LogP contribution is 2.18. The molecule has 6 heteroatoms. The van der Waals surface area contributed by atoms with Crippen molar-refractivity contribution < 1.29 is 13.8 Å². The highest BCUT2D eigenvalue weighted by molar-refractivity contribution is 7.84. The van der Waals surface area contributed by atoms with Crippen molar-refractivity contribution in [2.24, 2.45) is 0 Å². The predicted octanol–water partition coefficient (Wildman–Crippen LogP) is 0.271. The summed E-state index contributed by atoms with van der Waals surface area (Å²) < 4.78 is 11.3. The van der Waals surface area contributed by atoms with Gasteiger partial charge in [0.05, 0.1) is 6.54 Å². The molecule has 0 radical (unpaired) electrons. The lowest BCUT2D eigenvalue weighted by molar-refractivity contribution is -0.149. The SMILES string of the molecule is CCC1(C)NC(=O)CN(CCC(C)S(C)=O)C1=O. The monoisotopic (exact) mass is 274 g/mol. The van der Waals surface area contributed by atoms with Crippen LogP contribution in [0.4, 0.5) is 0 Å². The topological polar surface area (TPSA) is 66.5 Å². The van der Waals surface area contributed by atoms with Gasteiger partial charge in [-0.15, -0.1) is 0 Å². The van der Waals surface area contributed by atoms with E-state index in [-0.39, 0.29) is 23.6 Å². The van der Waals surface area contributed by atoms with Gasteiger partial charge in [-0.25, -0.2) is 0 Å². The zero-order chi connectivity index (χ0) is 13.9. The molecule has 0 aromatic rings. The van der Waals surface area contributed by atoms with Gasteiger partial charge in [0.1, 0.15) is 5.54 Å². The first-order chi connectivity index (χ1) is 8.30. The maximum Gasteiger partial charge on any atom is 0.248 e. The predicted molar refractivity (Wildman–Crippen MR) is 71.6 cm³/mol. The van der Waals surface area contributed by atoms with Gasteiger partial charge in [0, 0.05) is 28.9 Å². The third-order valence-electron chi connectivity index (χ3n) is 3.59. The summed E-state index contributed by atoms with van der Waals surface area (Å²) in [4.78, 5) is 25.4. The van der Waals surface area contributed by atoms with Crippen molar-refractivity contribution in [1.82, 2.24) is 10.2 Å². The molecule has 1 heterocycles.